The maximum atomic E-state index is 9.51. The number of aliphatic hydroxyl groups excluding tert-OH is 2. The highest BCUT2D eigenvalue weighted by Gasteiger charge is 2.34. The first kappa shape index (κ1) is 9.92. The summed E-state index contributed by atoms with van der Waals surface area (Å²) in [7, 11) is 1.56. The Morgan fingerprint density at radius 3 is 2.75 bits per heavy atom. The van der Waals surface area contributed by atoms with Gasteiger partial charge in [-0.15, -0.1) is 0 Å². The van der Waals surface area contributed by atoms with Gasteiger partial charge in [0.2, 0.25) is 0 Å². The van der Waals surface area contributed by atoms with Gasteiger partial charge >= 0.3 is 0 Å². The van der Waals surface area contributed by atoms with E-state index in [1.807, 2.05) is 6.92 Å². The molecule has 0 amide bonds. The lowest BCUT2D eigenvalue weighted by atomic mass is 9.93. The second kappa shape index (κ2) is 4.18. The van der Waals surface area contributed by atoms with Gasteiger partial charge in [-0.05, 0) is 5.92 Å². The Bertz CT molecular complexity index is 139. The topological polar surface area (TPSA) is 58.9 Å². The van der Waals surface area contributed by atoms with E-state index in [0.29, 0.717) is 6.42 Å². The van der Waals surface area contributed by atoms with Crippen molar-refractivity contribution in [1.29, 1.82) is 0 Å². The molecule has 0 spiro atoms. The van der Waals surface area contributed by atoms with E-state index < -0.39 is 12.2 Å². The lowest BCUT2D eigenvalue weighted by Crippen LogP contribution is -2.46. The fourth-order valence-electron chi connectivity index (χ4n) is 1.44. The van der Waals surface area contributed by atoms with Crippen molar-refractivity contribution in [2.75, 3.05) is 13.7 Å². The normalized spacial score (nSPS) is 43.0. The highest BCUT2D eigenvalue weighted by Crippen LogP contribution is 2.25. The van der Waals surface area contributed by atoms with E-state index in [9.17, 15) is 5.11 Å². The van der Waals surface area contributed by atoms with E-state index in [1.165, 1.54) is 0 Å². The van der Waals surface area contributed by atoms with Crippen LogP contribution in [-0.4, -0.2) is 42.4 Å². The van der Waals surface area contributed by atoms with Crippen LogP contribution in [0.4, 0.5) is 0 Å². The van der Waals surface area contributed by atoms with Gasteiger partial charge in [-0.1, -0.05) is 6.92 Å². The molecule has 1 heterocycles. The zero-order chi connectivity index (χ0) is 9.14. The van der Waals surface area contributed by atoms with Gasteiger partial charge in [0, 0.05) is 13.5 Å². The van der Waals surface area contributed by atoms with Crippen molar-refractivity contribution in [2.24, 2.45) is 5.92 Å². The predicted molar refractivity (Wildman–Crippen MR) is 42.5 cm³/mol. The van der Waals surface area contributed by atoms with E-state index in [-0.39, 0.29) is 18.8 Å². The van der Waals surface area contributed by atoms with Crippen LogP contribution in [0.2, 0.25) is 0 Å². The third-order valence-electron chi connectivity index (χ3n) is 2.30. The van der Waals surface area contributed by atoms with Crippen LogP contribution in [0.5, 0.6) is 0 Å². The van der Waals surface area contributed by atoms with Crippen LogP contribution in [0.1, 0.15) is 13.3 Å². The molecule has 0 aromatic carbocycles. The number of ether oxygens (including phenoxy) is 2. The van der Waals surface area contributed by atoms with E-state index in [0.717, 1.165) is 0 Å². The van der Waals surface area contributed by atoms with E-state index >= 15 is 0 Å². The molecule has 0 aromatic heterocycles. The van der Waals surface area contributed by atoms with Crippen LogP contribution in [0.25, 0.3) is 0 Å². The molecule has 2 N–H and O–H groups in total. The van der Waals surface area contributed by atoms with Crippen LogP contribution >= 0.6 is 0 Å². The minimum Gasteiger partial charge on any atom is -0.394 e. The zero-order valence-electron chi connectivity index (χ0n) is 7.43. The summed E-state index contributed by atoms with van der Waals surface area (Å²) in [5, 5.41) is 18.4. The van der Waals surface area contributed by atoms with Crippen LogP contribution in [-0.2, 0) is 9.47 Å². The van der Waals surface area contributed by atoms with Gasteiger partial charge < -0.3 is 19.7 Å². The van der Waals surface area contributed by atoms with E-state index in [2.05, 4.69) is 0 Å². The lowest BCUT2D eigenvalue weighted by molar-refractivity contribution is -0.234. The van der Waals surface area contributed by atoms with Crippen LogP contribution in [0.3, 0.4) is 0 Å². The van der Waals surface area contributed by atoms with Crippen LogP contribution in [0.15, 0.2) is 0 Å². The molecular formula is C8H16O4. The quantitative estimate of drug-likeness (QED) is 0.608. The Balaban J connectivity index is 2.52. The molecule has 0 aliphatic carbocycles. The molecule has 0 saturated carbocycles. The maximum Gasteiger partial charge on any atom is 0.158 e. The van der Waals surface area contributed by atoms with Crippen molar-refractivity contribution in [3.8, 4) is 0 Å². The monoisotopic (exact) mass is 176 g/mol. The first-order valence-electron chi connectivity index (χ1n) is 4.16. The molecule has 4 atom stereocenters. The zero-order valence-corrected chi connectivity index (χ0v) is 7.43. The molecule has 4 nitrogen and oxygen atoms in total. The Labute approximate surface area is 72.1 Å². The van der Waals surface area contributed by atoms with Crippen molar-refractivity contribution < 1.29 is 19.7 Å². The molecule has 0 bridgehead atoms. The van der Waals surface area contributed by atoms with E-state index in [4.69, 9.17) is 14.6 Å². The van der Waals surface area contributed by atoms with Gasteiger partial charge in [-0.3, -0.25) is 0 Å². The summed E-state index contributed by atoms with van der Waals surface area (Å²) >= 11 is 0. The molecule has 0 radical (unpaired) electrons. The highest BCUT2D eigenvalue weighted by molar-refractivity contribution is 4.79. The number of hydrogen-bond donors (Lipinski definition) is 2. The van der Waals surface area contributed by atoms with Gasteiger partial charge in [-0.25, -0.2) is 0 Å². The predicted octanol–water partition coefficient (Wildman–Crippen LogP) is -0.263. The van der Waals surface area contributed by atoms with Crippen molar-refractivity contribution in [3.05, 3.63) is 0 Å². The number of aliphatic hydroxyl groups is 2. The molecule has 1 rings (SSSR count). The van der Waals surface area contributed by atoms with Crippen LogP contribution < -0.4 is 0 Å². The van der Waals surface area contributed by atoms with Crippen molar-refractivity contribution in [2.45, 2.75) is 31.8 Å². The largest absolute Gasteiger partial charge is 0.394 e. The molecule has 4 heteroatoms. The second-order valence-corrected chi connectivity index (χ2v) is 3.23. The molecule has 1 aliphatic heterocycles. The molecule has 1 fully saturated rings. The molecule has 0 unspecified atom stereocenters. The minimum absolute atomic E-state index is 0.112. The maximum absolute atomic E-state index is 9.51. The first-order chi connectivity index (χ1) is 5.69. The van der Waals surface area contributed by atoms with Crippen molar-refractivity contribution in [3.63, 3.8) is 0 Å². The summed E-state index contributed by atoms with van der Waals surface area (Å²) in [6.07, 6.45) is -0.700. The van der Waals surface area contributed by atoms with Crippen LogP contribution in [0, 0.1) is 5.92 Å². The summed E-state index contributed by atoms with van der Waals surface area (Å²) in [4.78, 5) is 0. The molecule has 72 valence electrons. The molecule has 0 aromatic rings. The third-order valence-corrected chi connectivity index (χ3v) is 2.30. The number of rotatable bonds is 2. The summed E-state index contributed by atoms with van der Waals surface area (Å²) in [6, 6.07) is 0. The van der Waals surface area contributed by atoms with Gasteiger partial charge in [0.1, 0.15) is 6.10 Å². The average molecular weight is 176 g/mol. The number of methoxy groups -OCH3 is 1. The summed E-state index contributed by atoms with van der Waals surface area (Å²) < 4.78 is 10.2. The Kier molecular flexibility index (Phi) is 3.46. The van der Waals surface area contributed by atoms with E-state index in [1.54, 1.807) is 7.11 Å². The second-order valence-electron chi connectivity index (χ2n) is 3.23. The van der Waals surface area contributed by atoms with Gasteiger partial charge in [0.05, 0.1) is 12.7 Å². The van der Waals surface area contributed by atoms with Gasteiger partial charge in [0.25, 0.3) is 0 Å². The Morgan fingerprint density at radius 2 is 2.25 bits per heavy atom. The summed E-state index contributed by atoms with van der Waals surface area (Å²) in [6.45, 7) is 1.76. The summed E-state index contributed by atoms with van der Waals surface area (Å²) in [5.74, 6) is 0.112. The average Bonchev–Trinajstić information content (AvgIpc) is 2.09. The molecular weight excluding hydrogens is 160 g/mol. The van der Waals surface area contributed by atoms with Gasteiger partial charge in [0.15, 0.2) is 6.29 Å². The first-order valence-corrected chi connectivity index (χ1v) is 4.16. The Morgan fingerprint density at radius 1 is 1.58 bits per heavy atom. The lowest BCUT2D eigenvalue weighted by Gasteiger charge is -2.36. The van der Waals surface area contributed by atoms with Crippen molar-refractivity contribution in [1.82, 2.24) is 0 Å². The number of hydrogen-bond acceptors (Lipinski definition) is 4. The molecule has 12 heavy (non-hydrogen) atoms. The standard InChI is InChI=1S/C8H16O4/c1-5-3-7(11-2)12-6(4-9)8(5)10/h5-10H,3-4H2,1-2H3/t5-,6-,7-,8+/m1/s1. The fraction of sp³-hybridized carbons (Fsp3) is 1.00. The Hall–Kier alpha value is -0.160. The SMILES string of the molecule is CO[C@H]1C[C@@H](C)[C@H](O)[C@@H](CO)O1. The molecule has 1 aliphatic rings. The molecule has 1 saturated heterocycles. The smallest absolute Gasteiger partial charge is 0.158 e. The fourth-order valence-corrected chi connectivity index (χ4v) is 1.44. The van der Waals surface area contributed by atoms with Crippen molar-refractivity contribution >= 4 is 0 Å². The minimum atomic E-state index is -0.582. The highest BCUT2D eigenvalue weighted by atomic mass is 16.7. The summed E-state index contributed by atoms with van der Waals surface area (Å²) in [5.41, 5.74) is 0. The third kappa shape index (κ3) is 1.95. The van der Waals surface area contributed by atoms with Gasteiger partial charge in [-0.2, -0.15) is 0 Å².